The molecule has 0 saturated heterocycles. The first-order valence-electron chi connectivity index (χ1n) is 8.46. The van der Waals surface area contributed by atoms with Crippen molar-refractivity contribution in [3.63, 3.8) is 0 Å². The number of nitrogens with zero attached hydrogens (tertiary/aromatic N) is 1. The molecule has 0 aliphatic carbocycles. The summed E-state index contributed by atoms with van der Waals surface area (Å²) in [5, 5.41) is 3.22. The smallest absolute Gasteiger partial charge is 0.264 e. The molecule has 2 rings (SSSR count). The molecule has 0 aliphatic rings. The van der Waals surface area contributed by atoms with Crippen molar-refractivity contribution < 1.29 is 17.9 Å². The van der Waals surface area contributed by atoms with Crippen molar-refractivity contribution in [3.8, 4) is 0 Å². The van der Waals surface area contributed by atoms with Gasteiger partial charge in [0.15, 0.2) is 0 Å². The summed E-state index contributed by atoms with van der Waals surface area (Å²) in [6.45, 7) is 2.35. The zero-order chi connectivity index (χ0) is 19.9. The average Bonchev–Trinajstić information content (AvgIpc) is 2.64. The normalized spacial score (nSPS) is 11.2. The molecule has 0 fully saturated rings. The monoisotopic (exact) mass is 410 g/mol. The summed E-state index contributed by atoms with van der Waals surface area (Å²) in [5.74, 6) is -0.389. The first-order chi connectivity index (χ1) is 12.9. The van der Waals surface area contributed by atoms with Gasteiger partial charge in [-0.3, -0.25) is 9.10 Å². The number of hydrogen-bond donors (Lipinski definition) is 1. The number of hydrogen-bond acceptors (Lipinski definition) is 4. The van der Waals surface area contributed by atoms with Crippen LogP contribution in [0.25, 0.3) is 0 Å². The fraction of sp³-hybridized carbons (Fsp3) is 0.316. The number of benzene rings is 2. The van der Waals surface area contributed by atoms with Gasteiger partial charge in [-0.05, 0) is 49.2 Å². The van der Waals surface area contributed by atoms with E-state index in [4.69, 9.17) is 16.3 Å². The van der Waals surface area contributed by atoms with Crippen LogP contribution in [0.2, 0.25) is 5.02 Å². The van der Waals surface area contributed by atoms with E-state index in [1.54, 1.807) is 50.4 Å². The lowest BCUT2D eigenvalue weighted by Gasteiger charge is -2.25. The van der Waals surface area contributed by atoms with Gasteiger partial charge in [-0.15, -0.1) is 0 Å². The van der Waals surface area contributed by atoms with Crippen molar-refractivity contribution in [2.75, 3.05) is 31.1 Å². The Morgan fingerprint density at radius 1 is 1.19 bits per heavy atom. The largest absolute Gasteiger partial charge is 0.385 e. The summed E-state index contributed by atoms with van der Waals surface area (Å²) in [4.78, 5) is 12.5. The highest BCUT2D eigenvalue weighted by Crippen LogP contribution is 2.28. The summed E-state index contributed by atoms with van der Waals surface area (Å²) in [5.41, 5.74) is 1.07. The molecule has 2 aromatic carbocycles. The van der Waals surface area contributed by atoms with E-state index >= 15 is 0 Å². The van der Waals surface area contributed by atoms with E-state index in [0.717, 1.165) is 4.31 Å². The molecule has 0 aliphatic heterocycles. The van der Waals surface area contributed by atoms with Gasteiger partial charge in [-0.25, -0.2) is 8.42 Å². The van der Waals surface area contributed by atoms with Crippen molar-refractivity contribution in [2.24, 2.45) is 0 Å². The molecule has 1 amide bonds. The van der Waals surface area contributed by atoms with E-state index in [1.165, 1.54) is 12.1 Å². The summed E-state index contributed by atoms with van der Waals surface area (Å²) in [6.07, 6.45) is 0.646. The number of carbonyl (C=O) groups is 1. The number of anilines is 1. The van der Waals surface area contributed by atoms with Crippen molar-refractivity contribution in [1.82, 2.24) is 5.32 Å². The Kier molecular flexibility index (Phi) is 7.65. The van der Waals surface area contributed by atoms with Crippen LogP contribution in [0.15, 0.2) is 53.4 Å². The van der Waals surface area contributed by atoms with E-state index in [1.807, 2.05) is 0 Å². The van der Waals surface area contributed by atoms with Crippen LogP contribution in [0.3, 0.4) is 0 Å². The number of amides is 1. The number of rotatable bonds is 9. The van der Waals surface area contributed by atoms with Gasteiger partial charge >= 0.3 is 0 Å². The lowest BCUT2D eigenvalue weighted by molar-refractivity contribution is -0.119. The van der Waals surface area contributed by atoms with E-state index < -0.39 is 10.0 Å². The number of nitrogens with one attached hydrogen (secondary N) is 1. The highest BCUT2D eigenvalue weighted by atomic mass is 35.5. The summed E-state index contributed by atoms with van der Waals surface area (Å²) >= 11 is 6.00. The second-order valence-electron chi connectivity index (χ2n) is 5.95. The van der Waals surface area contributed by atoms with Crippen molar-refractivity contribution in [1.29, 1.82) is 0 Å². The number of carbonyl (C=O) groups excluding carboxylic acids is 1. The zero-order valence-electron chi connectivity index (χ0n) is 15.3. The average molecular weight is 411 g/mol. The van der Waals surface area contributed by atoms with Crippen LogP contribution in [0, 0.1) is 6.92 Å². The highest BCUT2D eigenvalue weighted by molar-refractivity contribution is 7.92. The molecule has 27 heavy (non-hydrogen) atoms. The highest BCUT2D eigenvalue weighted by Gasteiger charge is 2.28. The Balaban J connectivity index is 2.33. The van der Waals surface area contributed by atoms with Crippen LogP contribution in [-0.4, -0.2) is 41.1 Å². The predicted molar refractivity (Wildman–Crippen MR) is 107 cm³/mol. The number of methoxy groups -OCH3 is 1. The Labute approximate surface area is 165 Å². The molecule has 0 saturated carbocycles. The molecule has 0 radical (unpaired) electrons. The maximum atomic E-state index is 13.2. The molecule has 0 bridgehead atoms. The summed E-state index contributed by atoms with van der Waals surface area (Å²) in [7, 11) is -2.33. The first kappa shape index (κ1) is 21.2. The minimum Gasteiger partial charge on any atom is -0.385 e. The standard InChI is InChI=1S/C19H23ClN2O4S/c1-15-13-16(20)9-10-18(15)22(14-19(23)21-11-6-12-26-2)27(24,25)17-7-4-3-5-8-17/h3-5,7-10,13H,6,11-12,14H2,1-2H3,(H,21,23). The molecular weight excluding hydrogens is 388 g/mol. The minimum atomic E-state index is -3.92. The fourth-order valence-electron chi connectivity index (χ4n) is 2.55. The third-order valence-corrected chi connectivity index (χ3v) is 5.90. The lowest BCUT2D eigenvalue weighted by atomic mass is 10.2. The molecule has 6 nitrogen and oxygen atoms in total. The maximum Gasteiger partial charge on any atom is 0.264 e. The minimum absolute atomic E-state index is 0.117. The maximum absolute atomic E-state index is 13.2. The van der Waals surface area contributed by atoms with Crippen LogP contribution >= 0.6 is 11.6 Å². The van der Waals surface area contributed by atoms with Crippen molar-refractivity contribution >= 4 is 33.2 Å². The van der Waals surface area contributed by atoms with Crippen molar-refractivity contribution in [2.45, 2.75) is 18.2 Å². The summed E-state index contributed by atoms with van der Waals surface area (Å²) in [6, 6.07) is 12.9. The van der Waals surface area contributed by atoms with Crippen LogP contribution in [0.1, 0.15) is 12.0 Å². The van der Waals surface area contributed by atoms with E-state index in [-0.39, 0.29) is 17.3 Å². The molecule has 0 aromatic heterocycles. The molecule has 0 unspecified atom stereocenters. The van der Waals surface area contributed by atoms with Gasteiger partial charge in [-0.2, -0.15) is 0 Å². The van der Waals surface area contributed by atoms with E-state index in [9.17, 15) is 13.2 Å². The number of sulfonamides is 1. The summed E-state index contributed by atoms with van der Waals surface area (Å²) < 4.78 is 32.4. The fourth-order valence-corrected chi connectivity index (χ4v) is 4.28. The van der Waals surface area contributed by atoms with Crippen LogP contribution in [-0.2, 0) is 19.6 Å². The number of ether oxygens (including phenoxy) is 1. The number of halogens is 1. The first-order valence-corrected chi connectivity index (χ1v) is 10.3. The molecular formula is C19H23ClN2O4S. The van der Waals surface area contributed by atoms with Crippen LogP contribution < -0.4 is 9.62 Å². The van der Waals surface area contributed by atoms with E-state index in [0.29, 0.717) is 35.8 Å². The van der Waals surface area contributed by atoms with Gasteiger partial charge in [0.25, 0.3) is 10.0 Å². The predicted octanol–water partition coefficient (Wildman–Crippen LogP) is 3.00. The Bertz CT molecular complexity index is 873. The topological polar surface area (TPSA) is 75.7 Å². The third kappa shape index (κ3) is 5.69. The molecule has 0 atom stereocenters. The van der Waals surface area contributed by atoms with Crippen LogP contribution in [0.5, 0.6) is 0 Å². The second kappa shape index (κ2) is 9.73. The molecule has 0 heterocycles. The van der Waals surface area contributed by atoms with Gasteiger partial charge in [0, 0.05) is 25.3 Å². The SMILES string of the molecule is COCCCNC(=O)CN(c1ccc(Cl)cc1C)S(=O)(=O)c1ccccc1. The lowest BCUT2D eigenvalue weighted by Crippen LogP contribution is -2.41. The Morgan fingerprint density at radius 3 is 2.52 bits per heavy atom. The van der Waals surface area contributed by atoms with Gasteiger partial charge < -0.3 is 10.1 Å². The molecule has 2 aromatic rings. The molecule has 1 N–H and O–H groups in total. The zero-order valence-corrected chi connectivity index (χ0v) is 16.9. The van der Waals surface area contributed by atoms with Crippen molar-refractivity contribution in [3.05, 3.63) is 59.1 Å². The van der Waals surface area contributed by atoms with Gasteiger partial charge in [0.05, 0.1) is 10.6 Å². The molecule has 8 heteroatoms. The number of aryl methyl sites for hydroxylation is 1. The van der Waals surface area contributed by atoms with Crippen LogP contribution in [0.4, 0.5) is 5.69 Å². The van der Waals surface area contributed by atoms with Gasteiger partial charge in [-0.1, -0.05) is 29.8 Å². The Morgan fingerprint density at radius 2 is 1.89 bits per heavy atom. The molecule has 146 valence electrons. The van der Waals surface area contributed by atoms with E-state index in [2.05, 4.69) is 5.32 Å². The molecule has 0 spiro atoms. The Hall–Kier alpha value is -2.09. The second-order valence-corrected chi connectivity index (χ2v) is 8.25. The van der Waals surface area contributed by atoms with Gasteiger partial charge in [0.1, 0.15) is 6.54 Å². The third-order valence-electron chi connectivity index (χ3n) is 3.89. The quantitative estimate of drug-likeness (QED) is 0.645. The van der Waals surface area contributed by atoms with Gasteiger partial charge in [0.2, 0.25) is 5.91 Å².